The van der Waals surface area contributed by atoms with Gasteiger partial charge in [0.2, 0.25) is 5.78 Å². The second-order valence-corrected chi connectivity index (χ2v) is 5.07. The zero-order chi connectivity index (χ0) is 15.0. The molecule has 21 heavy (non-hydrogen) atoms. The largest absolute Gasteiger partial charge is 0.461 e. The second kappa shape index (κ2) is 5.26. The Balaban J connectivity index is 2.05. The number of ether oxygens (including phenoxy) is 1. The van der Waals surface area contributed by atoms with E-state index in [4.69, 9.17) is 16.3 Å². The molecule has 3 rings (SSSR count). The summed E-state index contributed by atoms with van der Waals surface area (Å²) in [4.78, 5) is 16.4. The monoisotopic (exact) mass is 303 g/mol. The minimum absolute atomic E-state index is 0.347. The highest BCUT2D eigenvalue weighted by molar-refractivity contribution is 6.30. The fourth-order valence-electron chi connectivity index (χ4n) is 2.23. The standard InChI is InChI=1S/C15H14ClN3O2/c1-3-21-14(20)13-9-19-8-12(17-15(19)18(13)2)10-5-4-6-11(16)7-10/h4-9H,3H2,1-2H3. The van der Waals surface area contributed by atoms with Crippen molar-refractivity contribution < 1.29 is 9.53 Å². The molecule has 3 aromatic rings. The Labute approximate surface area is 126 Å². The molecule has 0 aliphatic heterocycles. The van der Waals surface area contributed by atoms with E-state index in [1.165, 1.54) is 0 Å². The number of imidazole rings is 2. The number of aryl methyl sites for hydroxylation is 1. The van der Waals surface area contributed by atoms with Crippen LogP contribution in [0.4, 0.5) is 0 Å². The highest BCUT2D eigenvalue weighted by Crippen LogP contribution is 2.23. The summed E-state index contributed by atoms with van der Waals surface area (Å²) < 4.78 is 8.54. The molecule has 0 bridgehead atoms. The summed E-state index contributed by atoms with van der Waals surface area (Å²) in [6, 6.07) is 7.50. The normalized spacial score (nSPS) is 11.0. The van der Waals surface area contributed by atoms with E-state index in [9.17, 15) is 4.79 Å². The van der Waals surface area contributed by atoms with Crippen LogP contribution in [0.25, 0.3) is 17.0 Å². The molecule has 108 valence electrons. The second-order valence-electron chi connectivity index (χ2n) is 4.64. The molecule has 2 aromatic heterocycles. The van der Waals surface area contributed by atoms with Crippen molar-refractivity contribution in [1.29, 1.82) is 0 Å². The van der Waals surface area contributed by atoms with Gasteiger partial charge in [0.05, 0.1) is 12.3 Å². The lowest BCUT2D eigenvalue weighted by Crippen LogP contribution is -2.09. The molecule has 0 radical (unpaired) electrons. The van der Waals surface area contributed by atoms with Crippen LogP contribution in [0.15, 0.2) is 36.7 Å². The molecular formula is C15H14ClN3O2. The summed E-state index contributed by atoms with van der Waals surface area (Å²) in [5.41, 5.74) is 2.21. The van der Waals surface area contributed by atoms with Crippen LogP contribution >= 0.6 is 11.6 Å². The van der Waals surface area contributed by atoms with Crippen LogP contribution in [0.3, 0.4) is 0 Å². The molecule has 0 fully saturated rings. The van der Waals surface area contributed by atoms with Crippen LogP contribution in [0.1, 0.15) is 17.4 Å². The zero-order valence-corrected chi connectivity index (χ0v) is 12.5. The molecule has 0 aliphatic rings. The third-order valence-corrected chi connectivity index (χ3v) is 3.48. The minimum atomic E-state index is -0.352. The van der Waals surface area contributed by atoms with E-state index in [0.717, 1.165) is 11.3 Å². The molecule has 2 heterocycles. The Morgan fingerprint density at radius 2 is 2.19 bits per heavy atom. The molecular weight excluding hydrogens is 290 g/mol. The van der Waals surface area contributed by atoms with Gasteiger partial charge in [-0.3, -0.25) is 4.40 Å². The SMILES string of the molecule is CCOC(=O)c1cn2cc(-c3cccc(Cl)c3)nc2n1C. The van der Waals surface area contributed by atoms with E-state index < -0.39 is 0 Å². The highest BCUT2D eigenvalue weighted by Gasteiger charge is 2.17. The van der Waals surface area contributed by atoms with Gasteiger partial charge in [-0.1, -0.05) is 23.7 Å². The fraction of sp³-hybridized carbons (Fsp3) is 0.200. The first-order valence-corrected chi connectivity index (χ1v) is 6.95. The van der Waals surface area contributed by atoms with E-state index >= 15 is 0 Å². The van der Waals surface area contributed by atoms with Gasteiger partial charge in [-0.2, -0.15) is 0 Å². The van der Waals surface area contributed by atoms with Crippen molar-refractivity contribution in [3.8, 4) is 11.3 Å². The van der Waals surface area contributed by atoms with Crippen LogP contribution in [-0.4, -0.2) is 26.5 Å². The average molecular weight is 304 g/mol. The molecule has 1 aromatic carbocycles. The van der Waals surface area contributed by atoms with Gasteiger partial charge in [0.25, 0.3) is 0 Å². The first kappa shape index (κ1) is 13.7. The maximum absolute atomic E-state index is 11.8. The smallest absolute Gasteiger partial charge is 0.356 e. The number of hydrogen-bond acceptors (Lipinski definition) is 3. The first-order chi connectivity index (χ1) is 10.1. The van der Waals surface area contributed by atoms with E-state index in [1.807, 2.05) is 34.9 Å². The zero-order valence-electron chi connectivity index (χ0n) is 11.7. The third kappa shape index (κ3) is 2.40. The highest BCUT2D eigenvalue weighted by atomic mass is 35.5. The number of halogens is 1. The summed E-state index contributed by atoms with van der Waals surface area (Å²) in [7, 11) is 1.79. The number of carbonyl (C=O) groups is 1. The Morgan fingerprint density at radius 3 is 2.86 bits per heavy atom. The number of carbonyl (C=O) groups excluding carboxylic acids is 1. The quantitative estimate of drug-likeness (QED) is 0.698. The van der Waals surface area contributed by atoms with Gasteiger partial charge in [0.15, 0.2) is 0 Å². The average Bonchev–Trinajstić information content (AvgIpc) is 2.99. The van der Waals surface area contributed by atoms with Gasteiger partial charge in [0, 0.05) is 30.0 Å². The fourth-order valence-corrected chi connectivity index (χ4v) is 2.42. The summed E-state index contributed by atoms with van der Waals surface area (Å²) in [5.74, 6) is 0.322. The van der Waals surface area contributed by atoms with Crippen molar-refractivity contribution in [1.82, 2.24) is 14.0 Å². The first-order valence-electron chi connectivity index (χ1n) is 6.57. The predicted molar refractivity (Wildman–Crippen MR) is 80.6 cm³/mol. The van der Waals surface area contributed by atoms with Gasteiger partial charge < -0.3 is 9.30 Å². The number of aromatic nitrogens is 3. The summed E-state index contributed by atoms with van der Waals surface area (Å²) in [6.07, 6.45) is 3.58. The van der Waals surface area contributed by atoms with E-state index in [0.29, 0.717) is 23.1 Å². The van der Waals surface area contributed by atoms with Crippen LogP contribution in [0, 0.1) is 0 Å². The molecule has 0 saturated heterocycles. The van der Waals surface area contributed by atoms with Crippen molar-refractivity contribution >= 4 is 23.3 Å². The van der Waals surface area contributed by atoms with Crippen molar-refractivity contribution in [2.24, 2.45) is 7.05 Å². The lowest BCUT2D eigenvalue weighted by molar-refractivity contribution is 0.0515. The number of benzene rings is 1. The van der Waals surface area contributed by atoms with E-state index in [-0.39, 0.29) is 5.97 Å². The third-order valence-electron chi connectivity index (χ3n) is 3.24. The van der Waals surface area contributed by atoms with Gasteiger partial charge in [-0.25, -0.2) is 9.78 Å². The number of esters is 1. The van der Waals surface area contributed by atoms with Gasteiger partial charge in [-0.15, -0.1) is 0 Å². The summed E-state index contributed by atoms with van der Waals surface area (Å²) in [5, 5.41) is 0.664. The Bertz CT molecular complexity index is 820. The lowest BCUT2D eigenvalue weighted by Gasteiger charge is -2.01. The molecule has 5 nitrogen and oxygen atoms in total. The summed E-state index contributed by atoms with van der Waals surface area (Å²) in [6.45, 7) is 2.13. The number of nitrogens with zero attached hydrogens (tertiary/aromatic N) is 3. The Hall–Kier alpha value is -2.27. The van der Waals surface area contributed by atoms with Crippen molar-refractivity contribution in [2.75, 3.05) is 6.61 Å². The van der Waals surface area contributed by atoms with Crippen molar-refractivity contribution in [3.05, 3.63) is 47.4 Å². The molecule has 0 saturated carbocycles. The van der Waals surface area contributed by atoms with Gasteiger partial charge in [-0.05, 0) is 19.1 Å². The molecule has 6 heteroatoms. The maximum atomic E-state index is 11.8. The molecule has 0 amide bonds. The Morgan fingerprint density at radius 1 is 1.38 bits per heavy atom. The summed E-state index contributed by atoms with van der Waals surface area (Å²) >= 11 is 6.00. The number of hydrogen-bond donors (Lipinski definition) is 0. The molecule has 0 N–H and O–H groups in total. The van der Waals surface area contributed by atoms with Gasteiger partial charge >= 0.3 is 5.97 Å². The minimum Gasteiger partial charge on any atom is -0.461 e. The van der Waals surface area contributed by atoms with Crippen molar-refractivity contribution in [2.45, 2.75) is 6.92 Å². The number of fused-ring (bicyclic) bond motifs is 1. The Kier molecular flexibility index (Phi) is 3.43. The van der Waals surface area contributed by atoms with Crippen LogP contribution < -0.4 is 0 Å². The van der Waals surface area contributed by atoms with E-state index in [1.54, 1.807) is 24.7 Å². The molecule has 0 unspecified atom stereocenters. The molecule has 0 spiro atoms. The van der Waals surface area contributed by atoms with Gasteiger partial charge in [0.1, 0.15) is 5.69 Å². The molecule has 0 aliphatic carbocycles. The van der Waals surface area contributed by atoms with Crippen LogP contribution in [0.5, 0.6) is 0 Å². The lowest BCUT2D eigenvalue weighted by atomic mass is 10.2. The van der Waals surface area contributed by atoms with Crippen LogP contribution in [0.2, 0.25) is 5.02 Å². The van der Waals surface area contributed by atoms with Crippen LogP contribution in [-0.2, 0) is 11.8 Å². The van der Waals surface area contributed by atoms with E-state index in [2.05, 4.69) is 4.98 Å². The predicted octanol–water partition coefficient (Wildman–Crippen LogP) is 3.17. The van der Waals surface area contributed by atoms with Crippen molar-refractivity contribution in [3.63, 3.8) is 0 Å². The molecule has 0 atom stereocenters. The number of rotatable bonds is 3. The topological polar surface area (TPSA) is 48.5 Å². The maximum Gasteiger partial charge on any atom is 0.356 e.